The van der Waals surface area contributed by atoms with Gasteiger partial charge < -0.3 is 9.15 Å². The minimum Gasteiger partial charge on any atom is -0.484 e. The van der Waals surface area contributed by atoms with E-state index in [0.717, 1.165) is 10.9 Å². The molecule has 4 nitrogen and oxygen atoms in total. The first-order valence-corrected chi connectivity index (χ1v) is 7.37. The van der Waals surface area contributed by atoms with E-state index in [1.54, 1.807) is 37.3 Å². The van der Waals surface area contributed by atoms with E-state index in [1.165, 1.54) is 12.1 Å². The molecule has 0 N–H and O–H groups in total. The van der Waals surface area contributed by atoms with Gasteiger partial charge in [-0.1, -0.05) is 41.9 Å². The Kier molecular flexibility index (Phi) is 4.17. The zero-order chi connectivity index (χ0) is 16.4. The summed E-state index contributed by atoms with van der Waals surface area (Å²) in [6, 6.07) is 13.4. The second-order valence-electron chi connectivity index (χ2n) is 5.11. The number of carbonyl (C=O) groups is 1. The van der Waals surface area contributed by atoms with Gasteiger partial charge in [0.2, 0.25) is 0 Å². The fourth-order valence-corrected chi connectivity index (χ4v) is 2.50. The van der Waals surface area contributed by atoms with Crippen molar-refractivity contribution in [1.29, 1.82) is 0 Å². The molecule has 2 aromatic carbocycles. The van der Waals surface area contributed by atoms with Crippen LogP contribution in [-0.2, 0) is 0 Å². The lowest BCUT2D eigenvalue weighted by atomic mass is 10.1. The van der Waals surface area contributed by atoms with E-state index >= 15 is 0 Å². The van der Waals surface area contributed by atoms with E-state index in [-0.39, 0.29) is 12.4 Å². The highest BCUT2D eigenvalue weighted by molar-refractivity contribution is 6.32. The Hall–Kier alpha value is -2.59. The minimum absolute atomic E-state index is 0.148. The average Bonchev–Trinajstić information content (AvgIpc) is 2.54. The number of aryl methyl sites for hydroxylation is 1. The van der Waals surface area contributed by atoms with Crippen molar-refractivity contribution in [3.63, 3.8) is 0 Å². The molecule has 0 amide bonds. The Labute approximate surface area is 137 Å². The third-order valence-corrected chi connectivity index (χ3v) is 3.75. The molecular weight excluding hydrogens is 316 g/mol. The van der Waals surface area contributed by atoms with Gasteiger partial charge in [-0.25, -0.2) is 4.79 Å². The SMILES string of the molecule is Cc1cc(=O)oc2cc(OCC(=O)c3ccccc3)c(Cl)cc12. The zero-order valence-electron chi connectivity index (χ0n) is 12.3. The first-order valence-electron chi connectivity index (χ1n) is 6.99. The van der Waals surface area contributed by atoms with Crippen LogP contribution in [0.15, 0.2) is 57.7 Å². The monoisotopic (exact) mass is 328 g/mol. The molecular formula is C18H13ClO4. The molecule has 0 aliphatic carbocycles. The first-order chi connectivity index (χ1) is 11.0. The maximum Gasteiger partial charge on any atom is 0.336 e. The molecule has 0 atom stereocenters. The molecule has 0 saturated heterocycles. The molecule has 23 heavy (non-hydrogen) atoms. The summed E-state index contributed by atoms with van der Waals surface area (Å²) >= 11 is 6.19. The largest absolute Gasteiger partial charge is 0.484 e. The van der Waals surface area contributed by atoms with Crippen molar-refractivity contribution in [3.05, 3.63) is 75.1 Å². The van der Waals surface area contributed by atoms with E-state index in [4.69, 9.17) is 20.8 Å². The predicted octanol–water partition coefficient (Wildman–Crippen LogP) is 4.02. The van der Waals surface area contributed by atoms with Crippen LogP contribution in [0, 0.1) is 6.92 Å². The first kappa shape index (κ1) is 15.3. The molecule has 3 aromatic rings. The van der Waals surface area contributed by atoms with E-state index in [9.17, 15) is 9.59 Å². The van der Waals surface area contributed by atoms with Gasteiger partial charge in [0.15, 0.2) is 12.4 Å². The summed E-state index contributed by atoms with van der Waals surface area (Å²) in [7, 11) is 0. The Morgan fingerprint density at radius 1 is 1.17 bits per heavy atom. The highest BCUT2D eigenvalue weighted by atomic mass is 35.5. The lowest BCUT2D eigenvalue weighted by Gasteiger charge is -2.09. The fourth-order valence-electron chi connectivity index (χ4n) is 2.28. The van der Waals surface area contributed by atoms with Gasteiger partial charge in [0, 0.05) is 23.1 Å². The third-order valence-electron chi connectivity index (χ3n) is 3.46. The molecule has 0 fully saturated rings. The van der Waals surface area contributed by atoms with Gasteiger partial charge >= 0.3 is 5.63 Å². The molecule has 0 aliphatic rings. The topological polar surface area (TPSA) is 56.5 Å². The van der Waals surface area contributed by atoms with E-state index in [0.29, 0.717) is 21.9 Å². The minimum atomic E-state index is -0.441. The summed E-state index contributed by atoms with van der Waals surface area (Å²) in [6.45, 7) is 1.65. The van der Waals surface area contributed by atoms with E-state index in [2.05, 4.69) is 0 Å². The maximum atomic E-state index is 12.1. The summed E-state index contributed by atoms with van der Waals surface area (Å²) in [5.74, 6) is 0.143. The van der Waals surface area contributed by atoms with Crippen LogP contribution >= 0.6 is 11.6 Å². The van der Waals surface area contributed by atoms with Crippen LogP contribution in [0.1, 0.15) is 15.9 Å². The molecule has 3 rings (SSSR count). The van der Waals surface area contributed by atoms with Crippen LogP contribution in [-0.4, -0.2) is 12.4 Å². The Balaban J connectivity index is 1.87. The van der Waals surface area contributed by atoms with Crippen molar-refractivity contribution < 1.29 is 13.9 Å². The van der Waals surface area contributed by atoms with Crippen molar-refractivity contribution in [2.24, 2.45) is 0 Å². The molecule has 0 bridgehead atoms. The summed E-state index contributed by atoms with van der Waals surface area (Å²) < 4.78 is 10.6. The summed E-state index contributed by atoms with van der Waals surface area (Å²) in [6.07, 6.45) is 0. The van der Waals surface area contributed by atoms with Crippen molar-refractivity contribution >= 4 is 28.4 Å². The molecule has 116 valence electrons. The molecule has 1 aromatic heterocycles. The van der Waals surface area contributed by atoms with Gasteiger partial charge in [-0.05, 0) is 18.6 Å². The smallest absolute Gasteiger partial charge is 0.336 e. The Morgan fingerprint density at radius 3 is 2.65 bits per heavy atom. The number of hydrogen-bond donors (Lipinski definition) is 0. The second kappa shape index (κ2) is 6.26. The van der Waals surface area contributed by atoms with Gasteiger partial charge in [-0.15, -0.1) is 0 Å². The van der Waals surface area contributed by atoms with Gasteiger partial charge in [-0.3, -0.25) is 4.79 Å². The van der Waals surface area contributed by atoms with Gasteiger partial charge in [0.05, 0.1) is 5.02 Å². The van der Waals surface area contributed by atoms with Crippen LogP contribution in [0.5, 0.6) is 5.75 Å². The number of ether oxygens (including phenoxy) is 1. The number of halogens is 1. The van der Waals surface area contributed by atoms with Crippen LogP contribution < -0.4 is 10.4 Å². The highest BCUT2D eigenvalue weighted by Crippen LogP contribution is 2.31. The number of hydrogen-bond acceptors (Lipinski definition) is 4. The van der Waals surface area contributed by atoms with Crippen LogP contribution in [0.3, 0.4) is 0 Å². The maximum absolute atomic E-state index is 12.1. The van der Waals surface area contributed by atoms with Gasteiger partial charge in [-0.2, -0.15) is 0 Å². The van der Waals surface area contributed by atoms with Crippen molar-refractivity contribution in [1.82, 2.24) is 0 Å². The highest BCUT2D eigenvalue weighted by Gasteiger charge is 2.11. The summed E-state index contributed by atoms with van der Waals surface area (Å²) in [4.78, 5) is 23.5. The average molecular weight is 329 g/mol. The zero-order valence-corrected chi connectivity index (χ0v) is 13.1. The standard InChI is InChI=1S/C18H13ClO4/c1-11-7-18(21)23-16-9-17(14(19)8-13(11)16)22-10-15(20)12-5-3-2-4-6-12/h2-9H,10H2,1H3. The molecule has 0 radical (unpaired) electrons. The van der Waals surface area contributed by atoms with E-state index in [1.807, 2.05) is 6.07 Å². The lowest BCUT2D eigenvalue weighted by Crippen LogP contribution is -2.11. The molecule has 0 saturated carbocycles. The number of rotatable bonds is 4. The normalized spacial score (nSPS) is 10.7. The Bertz CT molecular complexity index is 929. The predicted molar refractivity (Wildman–Crippen MR) is 88.5 cm³/mol. The van der Waals surface area contributed by atoms with Gasteiger partial charge in [0.25, 0.3) is 0 Å². The number of Topliss-reactive ketones (excluding diaryl/α,β-unsaturated/α-hetero) is 1. The molecule has 0 unspecified atom stereocenters. The molecule has 0 aliphatic heterocycles. The molecule has 5 heteroatoms. The van der Waals surface area contributed by atoms with Crippen molar-refractivity contribution in [2.75, 3.05) is 6.61 Å². The van der Waals surface area contributed by atoms with Gasteiger partial charge in [0.1, 0.15) is 11.3 Å². The van der Waals surface area contributed by atoms with Crippen molar-refractivity contribution in [2.45, 2.75) is 6.92 Å². The third kappa shape index (κ3) is 3.27. The number of fused-ring (bicyclic) bond motifs is 1. The number of ketones is 1. The van der Waals surface area contributed by atoms with Crippen LogP contribution in [0.4, 0.5) is 0 Å². The summed E-state index contributed by atoms with van der Waals surface area (Å²) in [5.41, 5.74) is 1.27. The Morgan fingerprint density at radius 2 is 1.91 bits per heavy atom. The molecule has 1 heterocycles. The van der Waals surface area contributed by atoms with Crippen LogP contribution in [0.25, 0.3) is 11.0 Å². The van der Waals surface area contributed by atoms with Crippen molar-refractivity contribution in [3.8, 4) is 5.75 Å². The van der Waals surface area contributed by atoms with E-state index < -0.39 is 5.63 Å². The fraction of sp³-hybridized carbons (Fsp3) is 0.111. The lowest BCUT2D eigenvalue weighted by molar-refractivity contribution is 0.0921. The second-order valence-corrected chi connectivity index (χ2v) is 5.51. The number of benzene rings is 2. The quantitative estimate of drug-likeness (QED) is 0.536. The number of carbonyl (C=O) groups excluding carboxylic acids is 1. The molecule has 0 spiro atoms. The summed E-state index contributed by atoms with van der Waals surface area (Å²) in [5, 5.41) is 1.09. The van der Waals surface area contributed by atoms with Crippen LogP contribution in [0.2, 0.25) is 5.02 Å².